The second-order valence-corrected chi connectivity index (χ2v) is 27.0. The van der Waals surface area contributed by atoms with Crippen molar-refractivity contribution in [2.75, 3.05) is 6.61 Å². The summed E-state index contributed by atoms with van der Waals surface area (Å²) in [4.78, 5) is 12.6. The molecule has 0 unspecified atom stereocenters. The van der Waals surface area contributed by atoms with Gasteiger partial charge in [-0.05, 0) is 183 Å². The van der Waals surface area contributed by atoms with E-state index in [-0.39, 0.29) is 40.5 Å². The van der Waals surface area contributed by atoms with Gasteiger partial charge >= 0.3 is 5.97 Å². The van der Waals surface area contributed by atoms with Gasteiger partial charge in [-0.15, -0.1) is 11.3 Å². The Morgan fingerprint density at radius 1 is 0.477 bits per heavy atom. The zero-order valence-corrected chi connectivity index (χ0v) is 58.7. The van der Waals surface area contributed by atoms with Crippen molar-refractivity contribution in [2.24, 2.45) is 41.4 Å². The number of rotatable bonds is 21. The Bertz CT molecular complexity index is 2920. The van der Waals surface area contributed by atoms with Crippen LogP contribution in [0.2, 0.25) is 10.0 Å². The minimum Gasteiger partial charge on any atom is -0.493 e. The van der Waals surface area contributed by atoms with Gasteiger partial charge in [0.25, 0.3) is 0 Å². The quantitative estimate of drug-likeness (QED) is 0.0311. The molecule has 7 rings (SSSR count). The molecule has 0 aliphatic carbocycles. The lowest BCUT2D eigenvalue weighted by atomic mass is 10.0. The molecule has 0 spiro atoms. The van der Waals surface area contributed by atoms with Gasteiger partial charge in [-0.1, -0.05) is 224 Å². The minimum atomic E-state index is -0.401. The monoisotopic (exact) mass is 1270 g/mol. The van der Waals surface area contributed by atoms with Gasteiger partial charge in [0, 0.05) is 21.0 Å². The number of ether oxygens (including phenoxy) is 3. The number of halogens is 6. The first-order chi connectivity index (χ1) is 41.5. The van der Waals surface area contributed by atoms with E-state index in [1.54, 1.807) is 18.2 Å². The molecule has 1 aromatic heterocycles. The van der Waals surface area contributed by atoms with E-state index in [0.29, 0.717) is 71.0 Å². The van der Waals surface area contributed by atoms with E-state index in [4.69, 9.17) is 37.4 Å². The number of hydrogen-bond donors (Lipinski definition) is 0. The van der Waals surface area contributed by atoms with Gasteiger partial charge in [0.05, 0.1) is 23.7 Å². The second kappa shape index (κ2) is 45.6. The third-order valence-electron chi connectivity index (χ3n) is 12.4. The van der Waals surface area contributed by atoms with Crippen LogP contribution in [0.3, 0.4) is 0 Å². The summed E-state index contributed by atoms with van der Waals surface area (Å²) in [6, 6.07) is 43.0. The Morgan fingerprint density at radius 2 is 0.977 bits per heavy atom. The summed E-state index contributed by atoms with van der Waals surface area (Å²) >= 11 is 13.3. The summed E-state index contributed by atoms with van der Waals surface area (Å²) in [6.45, 7) is 38.2. The highest BCUT2D eigenvalue weighted by molar-refractivity contribution is 7.09. The van der Waals surface area contributed by atoms with Crippen LogP contribution in [0, 0.1) is 71.6 Å². The Labute approximate surface area is 544 Å². The van der Waals surface area contributed by atoms with Crippen LogP contribution in [-0.2, 0) is 54.7 Å². The number of carbonyl (C=O) groups excluding carboxylic acids is 1. The Hall–Kier alpha value is -5.61. The average Bonchev–Trinajstić information content (AvgIpc) is 3.98. The Kier molecular flexibility index (Phi) is 41.7. The molecule has 0 saturated carbocycles. The van der Waals surface area contributed by atoms with Crippen LogP contribution in [0.5, 0.6) is 11.5 Å². The van der Waals surface area contributed by atoms with Gasteiger partial charge in [-0.25, -0.2) is 17.6 Å². The number of aryl methyl sites for hydroxylation is 1. The maximum absolute atomic E-state index is 13.6. The van der Waals surface area contributed by atoms with Crippen molar-refractivity contribution in [1.82, 2.24) is 0 Å². The van der Waals surface area contributed by atoms with Gasteiger partial charge in [-0.3, -0.25) is 4.79 Å². The fourth-order valence-corrected chi connectivity index (χ4v) is 9.73. The fourth-order valence-electron chi connectivity index (χ4n) is 8.35. The third-order valence-corrected chi connectivity index (χ3v) is 14.0. The summed E-state index contributed by atoms with van der Waals surface area (Å²) in [5.41, 5.74) is 6.51. The molecule has 0 fully saturated rings. The molecule has 0 N–H and O–H groups in total. The summed E-state index contributed by atoms with van der Waals surface area (Å²) in [5, 5.41) is 2.76. The summed E-state index contributed by atoms with van der Waals surface area (Å²) < 4.78 is 69.7. The number of carbonyl (C=O) groups is 1. The molecule has 0 aliphatic heterocycles. The van der Waals surface area contributed by atoms with Crippen molar-refractivity contribution in [2.45, 2.75) is 189 Å². The number of unbranched alkanes of at least 4 members (excludes halogenated alkanes) is 1. The lowest BCUT2D eigenvalue weighted by Gasteiger charge is -2.16. The van der Waals surface area contributed by atoms with E-state index < -0.39 is 5.82 Å². The smallest absolute Gasteiger partial charge is 0.308 e. The molecule has 486 valence electrons. The first-order valence-corrected chi connectivity index (χ1v) is 33.2. The summed E-state index contributed by atoms with van der Waals surface area (Å²) in [7, 11) is 0. The standard InChI is InChI=1S/C14H21FO.C13H19FO.C11H15F.C11H14O2.C10H11Cl2F.C10H14.C8H12S/c1-4-5-9-16-14-8-6-7-13(15)12(14)10-11(2)3;1-9(2)8-11-12(14)6-5-7-13(11)15-10(3)4;1-8(2)6-10-5-4-9(3)7-11(10)12;1-9(2)11(12)13-8-10-6-4-3-5-7-10;1-6(2)3-7-4-10(13)9(12)5-8(7)11;1-9(2)8-10-6-4-3-5-7-10;1-7(2)6-8-4-3-5-9-8/h6-8,11H,4-5,9-10H2,1-3H3;5-7,9-10H,8H2,1-4H3;4-5,7-8H,6H2,1-3H3;3-7,9H,8H2,1-2H3;4-6H,3H2,1-2H3;3-7,9H,8H2,1-2H3;3-5,7H,6H2,1-2H3. The van der Waals surface area contributed by atoms with Crippen LogP contribution in [0.1, 0.15) is 174 Å². The molecular formula is C77H106Cl2F4O4S. The molecule has 0 amide bonds. The topological polar surface area (TPSA) is 44.8 Å². The zero-order valence-electron chi connectivity index (χ0n) is 56.4. The first-order valence-electron chi connectivity index (χ1n) is 31.5. The number of esters is 1. The molecule has 0 radical (unpaired) electrons. The number of hydrogen-bond acceptors (Lipinski definition) is 5. The molecular weight excluding hydrogens is 1170 g/mol. The molecule has 0 saturated heterocycles. The number of thiophene rings is 1. The molecule has 88 heavy (non-hydrogen) atoms. The van der Waals surface area contributed by atoms with Crippen molar-refractivity contribution >= 4 is 40.5 Å². The van der Waals surface area contributed by atoms with Crippen LogP contribution in [0.15, 0.2) is 145 Å². The molecule has 4 nitrogen and oxygen atoms in total. The van der Waals surface area contributed by atoms with Crippen molar-refractivity contribution in [1.29, 1.82) is 0 Å². The van der Waals surface area contributed by atoms with Gasteiger partial charge in [0.2, 0.25) is 0 Å². The Balaban J connectivity index is 0.000000517. The number of benzene rings is 6. The van der Waals surface area contributed by atoms with E-state index in [1.165, 1.54) is 47.5 Å². The lowest BCUT2D eigenvalue weighted by molar-refractivity contribution is -0.148. The normalized spacial score (nSPS) is 10.7. The minimum absolute atomic E-state index is 0.0521. The van der Waals surface area contributed by atoms with Crippen molar-refractivity contribution < 1.29 is 36.6 Å². The van der Waals surface area contributed by atoms with Gasteiger partial charge in [-0.2, -0.15) is 0 Å². The molecule has 0 aliphatic rings. The van der Waals surface area contributed by atoms with E-state index in [9.17, 15) is 22.4 Å². The van der Waals surface area contributed by atoms with Gasteiger partial charge in [0.1, 0.15) is 41.4 Å². The van der Waals surface area contributed by atoms with Crippen molar-refractivity contribution in [3.8, 4) is 11.5 Å². The van der Waals surface area contributed by atoms with E-state index in [0.717, 1.165) is 66.2 Å². The molecule has 0 atom stereocenters. The van der Waals surface area contributed by atoms with Crippen LogP contribution < -0.4 is 9.47 Å². The summed E-state index contributed by atoms with van der Waals surface area (Å²) in [6.07, 6.45) is 7.66. The predicted octanol–water partition coefficient (Wildman–Crippen LogP) is 23.9. The van der Waals surface area contributed by atoms with E-state index >= 15 is 0 Å². The second-order valence-electron chi connectivity index (χ2n) is 25.2. The van der Waals surface area contributed by atoms with Gasteiger partial charge in [0.15, 0.2) is 0 Å². The van der Waals surface area contributed by atoms with E-state index in [1.807, 2.05) is 101 Å². The fraction of sp³-hybridized carbons (Fsp3) is 0.468. The third kappa shape index (κ3) is 37.4. The van der Waals surface area contributed by atoms with Crippen LogP contribution in [0.4, 0.5) is 17.6 Å². The van der Waals surface area contributed by atoms with Crippen molar-refractivity contribution in [3.05, 3.63) is 222 Å². The van der Waals surface area contributed by atoms with Crippen LogP contribution >= 0.6 is 34.5 Å². The highest BCUT2D eigenvalue weighted by Crippen LogP contribution is 2.28. The maximum Gasteiger partial charge on any atom is 0.308 e. The van der Waals surface area contributed by atoms with Crippen LogP contribution in [0.25, 0.3) is 0 Å². The Morgan fingerprint density at radius 3 is 1.44 bits per heavy atom. The molecule has 6 aromatic carbocycles. The summed E-state index contributed by atoms with van der Waals surface area (Å²) in [5.74, 6) is 3.80. The molecule has 7 aromatic rings. The SMILES string of the molecule is CC(C)C(=O)OCc1ccccc1.CC(C)Cc1c(F)cccc1OC(C)C.CC(C)Cc1cc(F)c(Cl)cc1Cl.CC(C)Cc1ccccc1.CC(C)Cc1cccs1.CCCCOc1cccc(F)c1CC(C)C.Cc1ccc(CC(C)C)c(F)c1. The van der Waals surface area contributed by atoms with Crippen LogP contribution in [-0.4, -0.2) is 18.7 Å². The first kappa shape index (κ1) is 80.4. The maximum atomic E-state index is 13.6. The zero-order chi connectivity index (χ0) is 66.3. The van der Waals surface area contributed by atoms with E-state index in [2.05, 4.69) is 138 Å². The highest BCUT2D eigenvalue weighted by atomic mass is 35.5. The predicted molar refractivity (Wildman–Crippen MR) is 370 cm³/mol. The van der Waals surface area contributed by atoms with Crippen molar-refractivity contribution in [3.63, 3.8) is 0 Å². The molecule has 1 heterocycles. The highest BCUT2D eigenvalue weighted by Gasteiger charge is 2.14. The molecule has 0 bridgehead atoms. The molecule has 11 heteroatoms. The largest absolute Gasteiger partial charge is 0.493 e. The lowest BCUT2D eigenvalue weighted by Crippen LogP contribution is -2.11. The van der Waals surface area contributed by atoms with Gasteiger partial charge < -0.3 is 14.2 Å². The average molecular weight is 1270 g/mol.